The Labute approximate surface area is 243 Å². The zero-order valence-electron chi connectivity index (χ0n) is 24.3. The molecule has 2 aliphatic heterocycles. The van der Waals surface area contributed by atoms with Gasteiger partial charge in [0.2, 0.25) is 0 Å². The molecule has 0 spiro atoms. The third-order valence-corrected chi connectivity index (χ3v) is 6.25. The number of hydrogen-bond acceptors (Lipinski definition) is 9. The molecule has 2 heterocycles. The molecule has 0 radical (unpaired) electrons. The lowest BCUT2D eigenvalue weighted by atomic mass is 9.94. The van der Waals surface area contributed by atoms with Crippen LogP contribution in [0.4, 0.5) is 5.69 Å². The Bertz CT molecular complexity index is 1160. The summed E-state index contributed by atoms with van der Waals surface area (Å²) in [7, 11) is 0. The van der Waals surface area contributed by atoms with Crippen LogP contribution < -0.4 is 4.90 Å². The maximum absolute atomic E-state index is 13.3. The molecular formula is C30H41ClN2O7. The third kappa shape index (κ3) is 8.68. The molecule has 220 valence electrons. The van der Waals surface area contributed by atoms with Crippen LogP contribution in [-0.2, 0) is 33.3 Å². The van der Waals surface area contributed by atoms with E-state index in [1.165, 1.54) is 6.08 Å². The van der Waals surface area contributed by atoms with E-state index in [1.54, 1.807) is 19.9 Å². The summed E-state index contributed by atoms with van der Waals surface area (Å²) < 4.78 is 21.8. The van der Waals surface area contributed by atoms with Gasteiger partial charge in [0.15, 0.2) is 0 Å². The number of rotatable bonds is 9. The molecule has 0 amide bonds. The van der Waals surface area contributed by atoms with Crippen molar-refractivity contribution in [2.24, 2.45) is 0 Å². The van der Waals surface area contributed by atoms with Crippen molar-refractivity contribution in [3.63, 3.8) is 0 Å². The monoisotopic (exact) mass is 576 g/mol. The number of morpholine rings is 1. The Morgan fingerprint density at radius 2 is 1.57 bits per heavy atom. The Balaban J connectivity index is 0.00000560. The highest BCUT2D eigenvalue weighted by atomic mass is 35.5. The second kappa shape index (κ2) is 15.0. The van der Waals surface area contributed by atoms with E-state index in [-0.39, 0.29) is 32.0 Å². The van der Waals surface area contributed by atoms with Crippen LogP contribution in [0.5, 0.6) is 0 Å². The molecule has 10 heteroatoms. The first kappa shape index (κ1) is 33.1. The van der Waals surface area contributed by atoms with E-state index in [0.29, 0.717) is 55.4 Å². The molecule has 9 nitrogen and oxygen atoms in total. The van der Waals surface area contributed by atoms with Crippen LogP contribution in [0.3, 0.4) is 0 Å². The van der Waals surface area contributed by atoms with Crippen molar-refractivity contribution in [3.8, 4) is 0 Å². The normalized spacial score (nSPS) is 16.6. The predicted octanol–water partition coefficient (Wildman–Crippen LogP) is 4.66. The van der Waals surface area contributed by atoms with Crippen molar-refractivity contribution >= 4 is 42.1 Å². The molecule has 0 N–H and O–H groups in total. The minimum Gasteiger partial charge on any atom is -0.463 e. The van der Waals surface area contributed by atoms with Gasteiger partial charge in [-0.05, 0) is 59.2 Å². The lowest BCUT2D eigenvalue weighted by Crippen LogP contribution is -2.42. The molecule has 1 saturated heterocycles. The van der Waals surface area contributed by atoms with Crippen LogP contribution in [0.25, 0.3) is 6.08 Å². The third-order valence-electron chi connectivity index (χ3n) is 6.25. The molecule has 0 aliphatic carbocycles. The van der Waals surface area contributed by atoms with Crippen LogP contribution in [-0.4, -0.2) is 74.5 Å². The van der Waals surface area contributed by atoms with E-state index in [1.807, 2.05) is 56.9 Å². The molecule has 1 fully saturated rings. The maximum Gasteiger partial charge on any atom is 0.336 e. The molecule has 3 rings (SSSR count). The van der Waals surface area contributed by atoms with Crippen LogP contribution in [0.1, 0.15) is 53.5 Å². The van der Waals surface area contributed by atoms with Gasteiger partial charge in [-0.25, -0.2) is 14.4 Å². The zero-order valence-corrected chi connectivity index (χ0v) is 25.1. The minimum atomic E-state index is -0.621. The SMILES string of the molecule is CCOC(=O)C1=C(C)N(c2ccccc2C=CC(=O)OC(C)(C)C)C(CN2CCOCC2)=C(C(=O)OCC)C1.Cl. The number of anilines is 1. The Kier molecular flexibility index (Phi) is 12.4. The van der Waals surface area contributed by atoms with Crippen molar-refractivity contribution in [1.29, 1.82) is 0 Å². The van der Waals surface area contributed by atoms with Gasteiger partial charge in [-0.3, -0.25) is 4.90 Å². The van der Waals surface area contributed by atoms with Crippen molar-refractivity contribution in [2.75, 3.05) is 51.0 Å². The largest absolute Gasteiger partial charge is 0.463 e. The first-order valence-electron chi connectivity index (χ1n) is 13.4. The summed E-state index contributed by atoms with van der Waals surface area (Å²) in [6.45, 7) is 14.3. The van der Waals surface area contributed by atoms with Gasteiger partial charge < -0.3 is 23.8 Å². The summed E-state index contributed by atoms with van der Waals surface area (Å²) in [5, 5.41) is 0. The predicted molar refractivity (Wildman–Crippen MR) is 156 cm³/mol. The van der Waals surface area contributed by atoms with Crippen molar-refractivity contribution < 1.29 is 33.3 Å². The summed E-state index contributed by atoms with van der Waals surface area (Å²) in [6.07, 6.45) is 3.18. The van der Waals surface area contributed by atoms with Gasteiger partial charge in [-0.2, -0.15) is 0 Å². The van der Waals surface area contributed by atoms with Gasteiger partial charge in [-0.1, -0.05) is 18.2 Å². The molecule has 0 atom stereocenters. The number of nitrogens with zero attached hydrogens (tertiary/aromatic N) is 2. The second-order valence-electron chi connectivity index (χ2n) is 10.3. The number of esters is 3. The molecule has 2 aliphatic rings. The molecule has 0 saturated carbocycles. The van der Waals surface area contributed by atoms with Gasteiger partial charge in [0.05, 0.1) is 43.3 Å². The Hall–Kier alpha value is -3.14. The van der Waals surface area contributed by atoms with Crippen molar-refractivity contribution in [2.45, 2.75) is 53.6 Å². The molecule has 0 unspecified atom stereocenters. The summed E-state index contributed by atoms with van der Waals surface area (Å²) in [4.78, 5) is 42.9. The molecule has 40 heavy (non-hydrogen) atoms. The molecule has 1 aromatic carbocycles. The number of benzene rings is 1. The first-order chi connectivity index (χ1) is 18.6. The van der Waals surface area contributed by atoms with Gasteiger partial charge in [-0.15, -0.1) is 12.4 Å². The summed E-state index contributed by atoms with van der Waals surface area (Å²) >= 11 is 0. The number of hydrogen-bond donors (Lipinski definition) is 0. The lowest BCUT2D eigenvalue weighted by Gasteiger charge is -2.39. The fourth-order valence-electron chi connectivity index (χ4n) is 4.51. The minimum absolute atomic E-state index is 0. The molecule has 0 bridgehead atoms. The topological polar surface area (TPSA) is 94.6 Å². The van der Waals surface area contributed by atoms with Gasteiger partial charge in [0.1, 0.15) is 5.60 Å². The fraction of sp³-hybridized carbons (Fsp3) is 0.500. The van der Waals surface area contributed by atoms with E-state index in [4.69, 9.17) is 18.9 Å². The van der Waals surface area contributed by atoms with Crippen molar-refractivity contribution in [3.05, 3.63) is 58.4 Å². The standard InChI is InChI=1S/C30H40N2O7.ClH/c1-7-37-28(34)23-19-24(29(35)38-8-2)26(20-31-15-17-36-18-16-31)32(21(23)3)25-12-10-9-11-22(25)13-14-27(33)39-30(4,5)6;/h9-14H,7-8,15-20H2,1-6H3;1H. The lowest BCUT2D eigenvalue weighted by molar-refractivity contribution is -0.148. The van der Waals surface area contributed by atoms with Crippen molar-refractivity contribution in [1.82, 2.24) is 4.90 Å². The number of halogens is 1. The van der Waals surface area contributed by atoms with E-state index in [0.717, 1.165) is 11.3 Å². The number of para-hydroxylation sites is 1. The average molecular weight is 577 g/mol. The van der Waals surface area contributed by atoms with E-state index in [9.17, 15) is 14.4 Å². The molecule has 1 aromatic rings. The second-order valence-corrected chi connectivity index (χ2v) is 10.3. The highest BCUT2D eigenvalue weighted by Crippen LogP contribution is 2.38. The van der Waals surface area contributed by atoms with Crippen LogP contribution in [0.2, 0.25) is 0 Å². The van der Waals surface area contributed by atoms with E-state index < -0.39 is 23.5 Å². The Morgan fingerprint density at radius 1 is 0.975 bits per heavy atom. The molecule has 0 aromatic heterocycles. The fourth-order valence-corrected chi connectivity index (χ4v) is 4.51. The van der Waals surface area contributed by atoms with Gasteiger partial charge in [0, 0.05) is 43.5 Å². The highest BCUT2D eigenvalue weighted by Gasteiger charge is 2.35. The smallest absolute Gasteiger partial charge is 0.336 e. The number of allylic oxidation sites excluding steroid dienone is 1. The summed E-state index contributed by atoms with van der Waals surface area (Å²) in [5.74, 6) is -1.41. The first-order valence-corrected chi connectivity index (χ1v) is 13.4. The quantitative estimate of drug-likeness (QED) is 0.236. The van der Waals surface area contributed by atoms with Crippen LogP contribution in [0.15, 0.2) is 52.9 Å². The van der Waals surface area contributed by atoms with Crippen LogP contribution >= 0.6 is 12.4 Å². The Morgan fingerprint density at radius 3 is 2.17 bits per heavy atom. The number of ether oxygens (including phenoxy) is 4. The average Bonchev–Trinajstić information content (AvgIpc) is 2.88. The number of carbonyl (C=O) groups is 3. The van der Waals surface area contributed by atoms with E-state index in [2.05, 4.69) is 4.90 Å². The van der Waals surface area contributed by atoms with Crippen LogP contribution in [0, 0.1) is 0 Å². The number of carbonyl (C=O) groups excluding carboxylic acids is 3. The van der Waals surface area contributed by atoms with Gasteiger partial charge in [0.25, 0.3) is 0 Å². The highest BCUT2D eigenvalue weighted by molar-refractivity contribution is 5.99. The zero-order chi connectivity index (χ0) is 28.6. The van der Waals surface area contributed by atoms with E-state index >= 15 is 0 Å². The molecular weight excluding hydrogens is 536 g/mol. The maximum atomic E-state index is 13.3. The summed E-state index contributed by atoms with van der Waals surface area (Å²) in [5.41, 5.74) is 2.97. The van der Waals surface area contributed by atoms with Gasteiger partial charge >= 0.3 is 17.9 Å². The summed E-state index contributed by atoms with van der Waals surface area (Å²) in [6, 6.07) is 7.51.